The molecule has 2 rings (SSSR count). The summed E-state index contributed by atoms with van der Waals surface area (Å²) < 4.78 is 26.2. The number of nitriles is 1. The summed E-state index contributed by atoms with van der Waals surface area (Å²) in [5.74, 6) is 0. The number of rotatable bonds is 6. The number of nitrogens with one attached hydrogen (secondary N) is 2. The Hall–Kier alpha value is -2.89. The van der Waals surface area contributed by atoms with Gasteiger partial charge in [0.15, 0.2) is 0 Å². The molecule has 0 aliphatic carbocycles. The SMILES string of the molecule is CCN(CC)S(=O)(=O)c1ccc(NC(=O)Nc2ccccc2C#N)cc1. The monoisotopic (exact) mass is 372 g/mol. The molecule has 2 amide bonds. The number of hydrogen-bond donors (Lipinski definition) is 2. The number of amides is 2. The first kappa shape index (κ1) is 19.4. The fourth-order valence-electron chi connectivity index (χ4n) is 2.40. The van der Waals surface area contributed by atoms with Crippen LogP contribution in [0.2, 0.25) is 0 Å². The number of benzene rings is 2. The maximum Gasteiger partial charge on any atom is 0.323 e. The number of urea groups is 1. The molecule has 0 aliphatic rings. The van der Waals surface area contributed by atoms with Crippen LogP contribution in [0.3, 0.4) is 0 Å². The molecule has 0 aromatic heterocycles. The molecule has 0 saturated heterocycles. The van der Waals surface area contributed by atoms with Crippen LogP contribution in [0.25, 0.3) is 0 Å². The lowest BCUT2D eigenvalue weighted by Crippen LogP contribution is -2.30. The van der Waals surface area contributed by atoms with E-state index < -0.39 is 16.1 Å². The number of anilines is 2. The molecule has 0 bridgehead atoms. The second-order valence-corrected chi connectivity index (χ2v) is 7.29. The summed E-state index contributed by atoms with van der Waals surface area (Å²) >= 11 is 0. The quantitative estimate of drug-likeness (QED) is 0.812. The summed E-state index contributed by atoms with van der Waals surface area (Å²) in [5.41, 5.74) is 1.19. The third kappa shape index (κ3) is 4.39. The Morgan fingerprint density at radius 1 is 1.04 bits per heavy atom. The molecule has 2 N–H and O–H groups in total. The van der Waals surface area contributed by atoms with Crippen LogP contribution in [-0.4, -0.2) is 31.8 Å². The first-order valence-corrected chi connectivity index (χ1v) is 9.53. The summed E-state index contributed by atoms with van der Waals surface area (Å²) in [5, 5.41) is 14.2. The van der Waals surface area contributed by atoms with E-state index in [-0.39, 0.29) is 4.90 Å². The van der Waals surface area contributed by atoms with Crippen LogP contribution in [0.4, 0.5) is 16.2 Å². The van der Waals surface area contributed by atoms with Gasteiger partial charge in [-0.2, -0.15) is 9.57 Å². The molecule has 136 valence electrons. The van der Waals surface area contributed by atoms with E-state index in [4.69, 9.17) is 5.26 Å². The minimum Gasteiger partial charge on any atom is -0.308 e. The first-order valence-electron chi connectivity index (χ1n) is 8.09. The van der Waals surface area contributed by atoms with Crippen LogP contribution >= 0.6 is 0 Å². The number of nitrogens with zero attached hydrogens (tertiary/aromatic N) is 2. The highest BCUT2D eigenvalue weighted by Gasteiger charge is 2.21. The van der Waals surface area contributed by atoms with E-state index in [0.717, 1.165) is 0 Å². The fraction of sp³-hybridized carbons (Fsp3) is 0.222. The lowest BCUT2D eigenvalue weighted by Gasteiger charge is -2.18. The van der Waals surface area contributed by atoms with E-state index in [9.17, 15) is 13.2 Å². The average Bonchev–Trinajstić information content (AvgIpc) is 2.63. The maximum atomic E-state index is 12.4. The van der Waals surface area contributed by atoms with E-state index >= 15 is 0 Å². The number of para-hydroxylation sites is 1. The van der Waals surface area contributed by atoms with Gasteiger partial charge in [-0.1, -0.05) is 26.0 Å². The summed E-state index contributed by atoms with van der Waals surface area (Å²) in [7, 11) is -3.54. The Labute approximate surface area is 153 Å². The molecule has 0 spiro atoms. The molecule has 0 radical (unpaired) electrons. The molecule has 2 aromatic rings. The number of carbonyl (C=O) groups is 1. The van der Waals surface area contributed by atoms with Crippen molar-refractivity contribution >= 4 is 27.4 Å². The molecular formula is C18H20N4O3S. The Morgan fingerprint density at radius 2 is 1.65 bits per heavy atom. The second-order valence-electron chi connectivity index (χ2n) is 5.35. The highest BCUT2D eigenvalue weighted by molar-refractivity contribution is 7.89. The molecule has 7 nitrogen and oxygen atoms in total. The van der Waals surface area contributed by atoms with E-state index in [1.807, 2.05) is 6.07 Å². The van der Waals surface area contributed by atoms with Crippen LogP contribution in [0.5, 0.6) is 0 Å². The van der Waals surface area contributed by atoms with Crippen molar-refractivity contribution in [2.75, 3.05) is 23.7 Å². The largest absolute Gasteiger partial charge is 0.323 e. The van der Waals surface area contributed by atoms with E-state index in [1.54, 1.807) is 38.1 Å². The van der Waals surface area contributed by atoms with Crippen molar-refractivity contribution in [1.82, 2.24) is 4.31 Å². The summed E-state index contributed by atoms with van der Waals surface area (Å²) in [6.07, 6.45) is 0. The normalized spacial score (nSPS) is 11.0. The molecule has 8 heteroatoms. The topological polar surface area (TPSA) is 102 Å². The van der Waals surface area contributed by atoms with Gasteiger partial charge in [0.05, 0.1) is 16.1 Å². The van der Waals surface area contributed by atoms with Crippen molar-refractivity contribution in [2.24, 2.45) is 0 Å². The van der Waals surface area contributed by atoms with Gasteiger partial charge in [-0.05, 0) is 36.4 Å². The number of hydrogen-bond acceptors (Lipinski definition) is 4. The van der Waals surface area contributed by atoms with Crippen LogP contribution in [0, 0.1) is 11.3 Å². The summed E-state index contributed by atoms with van der Waals surface area (Å²) in [4.78, 5) is 12.2. The zero-order valence-electron chi connectivity index (χ0n) is 14.6. The zero-order valence-corrected chi connectivity index (χ0v) is 15.4. The molecule has 0 saturated carbocycles. The Bertz CT molecular complexity index is 914. The van der Waals surface area contributed by atoms with Gasteiger partial charge in [-0.3, -0.25) is 0 Å². The zero-order chi connectivity index (χ0) is 19.2. The highest BCUT2D eigenvalue weighted by atomic mass is 32.2. The highest BCUT2D eigenvalue weighted by Crippen LogP contribution is 2.19. The first-order chi connectivity index (χ1) is 12.4. The van der Waals surface area contributed by atoms with E-state index in [0.29, 0.717) is 30.0 Å². The van der Waals surface area contributed by atoms with Gasteiger partial charge in [0.1, 0.15) is 6.07 Å². The standard InChI is InChI=1S/C18H20N4O3S/c1-3-22(4-2)26(24,25)16-11-9-15(10-12-16)20-18(23)21-17-8-6-5-7-14(17)13-19/h5-12H,3-4H2,1-2H3,(H2,20,21,23). The van der Waals surface area contributed by atoms with Gasteiger partial charge < -0.3 is 10.6 Å². The molecule has 0 unspecified atom stereocenters. The van der Waals surface area contributed by atoms with Gasteiger partial charge in [0.2, 0.25) is 10.0 Å². The summed E-state index contributed by atoms with van der Waals surface area (Å²) in [6, 6.07) is 14.1. The molecule has 2 aromatic carbocycles. The van der Waals surface area contributed by atoms with Crippen LogP contribution in [0.1, 0.15) is 19.4 Å². The van der Waals surface area contributed by atoms with Gasteiger partial charge in [0.25, 0.3) is 0 Å². The van der Waals surface area contributed by atoms with Crippen molar-refractivity contribution in [3.05, 3.63) is 54.1 Å². The van der Waals surface area contributed by atoms with Crippen molar-refractivity contribution in [3.63, 3.8) is 0 Å². The van der Waals surface area contributed by atoms with E-state index in [1.165, 1.54) is 28.6 Å². The number of carbonyl (C=O) groups excluding carboxylic acids is 1. The van der Waals surface area contributed by atoms with Crippen molar-refractivity contribution in [1.29, 1.82) is 5.26 Å². The van der Waals surface area contributed by atoms with Crippen LogP contribution in [0.15, 0.2) is 53.4 Å². The fourth-order valence-corrected chi connectivity index (χ4v) is 3.86. The minimum absolute atomic E-state index is 0.169. The predicted molar refractivity (Wildman–Crippen MR) is 100 cm³/mol. The molecule has 0 aliphatic heterocycles. The van der Waals surface area contributed by atoms with Gasteiger partial charge in [-0.15, -0.1) is 0 Å². The lowest BCUT2D eigenvalue weighted by molar-refractivity contribution is 0.262. The van der Waals surface area contributed by atoms with Crippen LogP contribution in [-0.2, 0) is 10.0 Å². The minimum atomic E-state index is -3.54. The maximum absolute atomic E-state index is 12.4. The van der Waals surface area contributed by atoms with Crippen molar-refractivity contribution in [3.8, 4) is 6.07 Å². The Morgan fingerprint density at radius 3 is 2.23 bits per heavy atom. The van der Waals surface area contributed by atoms with Crippen molar-refractivity contribution in [2.45, 2.75) is 18.7 Å². The molecule has 0 fully saturated rings. The second kappa shape index (κ2) is 8.47. The smallest absolute Gasteiger partial charge is 0.308 e. The van der Waals surface area contributed by atoms with E-state index in [2.05, 4.69) is 10.6 Å². The van der Waals surface area contributed by atoms with Gasteiger partial charge in [-0.25, -0.2) is 13.2 Å². The Balaban J connectivity index is 2.10. The third-order valence-electron chi connectivity index (χ3n) is 3.75. The molecule has 0 atom stereocenters. The summed E-state index contributed by atoms with van der Waals surface area (Å²) in [6.45, 7) is 4.33. The Kier molecular flexibility index (Phi) is 6.33. The lowest BCUT2D eigenvalue weighted by atomic mass is 10.2. The average molecular weight is 372 g/mol. The predicted octanol–water partition coefficient (Wildman–Crippen LogP) is 3.23. The third-order valence-corrected chi connectivity index (χ3v) is 5.82. The molecular weight excluding hydrogens is 352 g/mol. The van der Waals surface area contributed by atoms with Gasteiger partial charge >= 0.3 is 6.03 Å². The number of sulfonamides is 1. The molecule has 26 heavy (non-hydrogen) atoms. The van der Waals surface area contributed by atoms with Crippen LogP contribution < -0.4 is 10.6 Å². The molecule has 0 heterocycles. The van der Waals surface area contributed by atoms with Crippen molar-refractivity contribution < 1.29 is 13.2 Å². The van der Waals surface area contributed by atoms with Gasteiger partial charge in [0, 0.05) is 18.8 Å².